The molecular weight excluding hydrogens is 326 g/mol. The Kier molecular flexibility index (Phi) is 6.17. The zero-order valence-corrected chi connectivity index (χ0v) is 14.6. The number of carbonyl (C=O) groups excluding carboxylic acids is 1. The molecule has 0 spiro atoms. The molecule has 0 radical (unpaired) electrons. The molecule has 3 rings (SSSR count). The number of benzene rings is 2. The summed E-state index contributed by atoms with van der Waals surface area (Å²) >= 11 is 0. The van der Waals surface area contributed by atoms with E-state index in [2.05, 4.69) is 10.4 Å². The molecular formula is C21H23N3O2. The minimum Gasteiger partial charge on any atom is -0.396 e. The summed E-state index contributed by atoms with van der Waals surface area (Å²) in [6, 6.07) is 19.4. The molecule has 1 unspecified atom stereocenters. The summed E-state index contributed by atoms with van der Waals surface area (Å²) < 4.78 is 1.84. The predicted molar refractivity (Wildman–Crippen MR) is 101 cm³/mol. The van der Waals surface area contributed by atoms with Gasteiger partial charge in [-0.1, -0.05) is 42.5 Å². The highest BCUT2D eigenvalue weighted by atomic mass is 16.3. The van der Waals surface area contributed by atoms with Crippen molar-refractivity contribution >= 4 is 5.91 Å². The van der Waals surface area contributed by atoms with Crippen molar-refractivity contribution in [3.63, 3.8) is 0 Å². The lowest BCUT2D eigenvalue weighted by molar-refractivity contribution is 0.0949. The van der Waals surface area contributed by atoms with E-state index in [0.717, 1.165) is 11.1 Å². The summed E-state index contributed by atoms with van der Waals surface area (Å²) in [6.45, 7) is 1.28. The van der Waals surface area contributed by atoms with Crippen LogP contribution in [0.25, 0.3) is 0 Å². The van der Waals surface area contributed by atoms with Gasteiger partial charge < -0.3 is 10.4 Å². The molecule has 1 heterocycles. The molecule has 1 atom stereocenters. The van der Waals surface area contributed by atoms with Gasteiger partial charge in [0.2, 0.25) is 0 Å². The van der Waals surface area contributed by atoms with E-state index < -0.39 is 0 Å². The second kappa shape index (κ2) is 8.97. The Morgan fingerprint density at radius 1 is 1.08 bits per heavy atom. The average Bonchev–Trinajstić information content (AvgIpc) is 3.19. The lowest BCUT2D eigenvalue weighted by Crippen LogP contribution is -2.28. The summed E-state index contributed by atoms with van der Waals surface area (Å²) in [7, 11) is 0. The number of rotatable bonds is 8. The van der Waals surface area contributed by atoms with E-state index in [1.807, 2.05) is 71.5 Å². The molecule has 0 saturated heterocycles. The van der Waals surface area contributed by atoms with Crippen molar-refractivity contribution in [3.8, 4) is 0 Å². The number of amides is 1. The zero-order valence-electron chi connectivity index (χ0n) is 14.6. The molecule has 1 amide bonds. The van der Waals surface area contributed by atoms with Gasteiger partial charge in [0.05, 0.1) is 6.54 Å². The van der Waals surface area contributed by atoms with Gasteiger partial charge in [-0.05, 0) is 35.7 Å². The van der Waals surface area contributed by atoms with Gasteiger partial charge >= 0.3 is 0 Å². The van der Waals surface area contributed by atoms with Crippen molar-refractivity contribution in [1.82, 2.24) is 15.1 Å². The van der Waals surface area contributed by atoms with E-state index >= 15 is 0 Å². The fourth-order valence-corrected chi connectivity index (χ4v) is 2.93. The van der Waals surface area contributed by atoms with E-state index in [9.17, 15) is 9.90 Å². The molecule has 0 fully saturated rings. The van der Waals surface area contributed by atoms with E-state index in [1.54, 1.807) is 6.20 Å². The molecule has 134 valence electrons. The van der Waals surface area contributed by atoms with Gasteiger partial charge in [-0.15, -0.1) is 0 Å². The topological polar surface area (TPSA) is 67.2 Å². The van der Waals surface area contributed by atoms with Gasteiger partial charge in [0.1, 0.15) is 0 Å². The van der Waals surface area contributed by atoms with Crippen molar-refractivity contribution in [2.75, 3.05) is 13.2 Å². The van der Waals surface area contributed by atoms with Gasteiger partial charge in [-0.25, -0.2) is 0 Å². The highest BCUT2D eigenvalue weighted by Crippen LogP contribution is 2.18. The molecule has 1 aromatic heterocycles. The first-order valence-corrected chi connectivity index (χ1v) is 8.76. The first kappa shape index (κ1) is 17.9. The Labute approximate surface area is 153 Å². The molecule has 26 heavy (non-hydrogen) atoms. The van der Waals surface area contributed by atoms with Crippen molar-refractivity contribution in [2.45, 2.75) is 18.9 Å². The number of nitrogens with one attached hydrogen (secondary N) is 1. The quantitative estimate of drug-likeness (QED) is 0.657. The minimum absolute atomic E-state index is 0.0948. The van der Waals surface area contributed by atoms with Gasteiger partial charge in [0, 0.05) is 37.0 Å². The van der Waals surface area contributed by atoms with Crippen molar-refractivity contribution < 1.29 is 9.90 Å². The summed E-state index contributed by atoms with van der Waals surface area (Å²) in [5.74, 6) is -0.00116. The number of aliphatic hydroxyl groups excluding tert-OH is 1. The molecule has 0 bridgehead atoms. The smallest absolute Gasteiger partial charge is 0.251 e. The fraction of sp³-hybridized carbons (Fsp3) is 0.238. The Morgan fingerprint density at radius 2 is 1.85 bits per heavy atom. The van der Waals surface area contributed by atoms with E-state index in [4.69, 9.17) is 0 Å². The van der Waals surface area contributed by atoms with Crippen LogP contribution in [0.1, 0.15) is 33.8 Å². The Hall–Kier alpha value is -2.92. The SMILES string of the molecule is O=C(NCC(CCO)c1ccccc1)c1ccc(Cn2cccn2)cc1. The monoisotopic (exact) mass is 349 g/mol. The highest BCUT2D eigenvalue weighted by molar-refractivity contribution is 5.94. The second-order valence-corrected chi connectivity index (χ2v) is 6.23. The molecule has 2 N–H and O–H groups in total. The molecule has 2 aromatic carbocycles. The number of hydrogen-bond donors (Lipinski definition) is 2. The van der Waals surface area contributed by atoms with Gasteiger partial charge in [0.15, 0.2) is 0 Å². The van der Waals surface area contributed by atoms with Crippen molar-refractivity contribution in [2.24, 2.45) is 0 Å². The van der Waals surface area contributed by atoms with Crippen LogP contribution in [-0.2, 0) is 6.54 Å². The van der Waals surface area contributed by atoms with Gasteiger partial charge in [-0.3, -0.25) is 9.48 Å². The number of carbonyl (C=O) groups is 1. The maximum atomic E-state index is 12.4. The molecule has 0 aliphatic carbocycles. The highest BCUT2D eigenvalue weighted by Gasteiger charge is 2.13. The van der Waals surface area contributed by atoms with Crippen LogP contribution in [0.3, 0.4) is 0 Å². The summed E-state index contributed by atoms with van der Waals surface area (Å²) in [5.41, 5.74) is 2.84. The maximum Gasteiger partial charge on any atom is 0.251 e. The Bertz CT molecular complexity index is 799. The molecule has 5 nitrogen and oxygen atoms in total. The van der Waals surface area contributed by atoms with Crippen molar-refractivity contribution in [1.29, 1.82) is 0 Å². The number of aromatic nitrogens is 2. The third-order valence-electron chi connectivity index (χ3n) is 4.38. The normalized spacial score (nSPS) is 11.9. The van der Waals surface area contributed by atoms with Crippen LogP contribution < -0.4 is 5.32 Å². The zero-order chi connectivity index (χ0) is 18.2. The van der Waals surface area contributed by atoms with Crippen LogP contribution >= 0.6 is 0 Å². The average molecular weight is 349 g/mol. The maximum absolute atomic E-state index is 12.4. The van der Waals surface area contributed by atoms with Crippen LogP contribution in [0.15, 0.2) is 73.1 Å². The van der Waals surface area contributed by atoms with Crippen LogP contribution in [0.4, 0.5) is 0 Å². The van der Waals surface area contributed by atoms with Crippen LogP contribution in [0.5, 0.6) is 0 Å². The Morgan fingerprint density at radius 3 is 2.50 bits per heavy atom. The predicted octanol–water partition coefficient (Wildman–Crippen LogP) is 2.83. The van der Waals surface area contributed by atoms with Crippen LogP contribution in [0, 0.1) is 0 Å². The van der Waals surface area contributed by atoms with E-state index in [1.165, 1.54) is 0 Å². The van der Waals surface area contributed by atoms with Crippen molar-refractivity contribution in [3.05, 3.63) is 89.7 Å². The van der Waals surface area contributed by atoms with Crippen LogP contribution in [0.2, 0.25) is 0 Å². The number of hydrogen-bond acceptors (Lipinski definition) is 3. The molecule has 0 aliphatic heterocycles. The van der Waals surface area contributed by atoms with Crippen LogP contribution in [-0.4, -0.2) is 33.9 Å². The minimum atomic E-state index is -0.102. The largest absolute Gasteiger partial charge is 0.396 e. The lowest BCUT2D eigenvalue weighted by atomic mass is 9.96. The van der Waals surface area contributed by atoms with E-state index in [-0.39, 0.29) is 18.4 Å². The molecule has 0 aliphatic rings. The van der Waals surface area contributed by atoms with E-state index in [0.29, 0.717) is 25.1 Å². The summed E-state index contributed by atoms with van der Waals surface area (Å²) in [5, 5.41) is 16.5. The number of aliphatic hydroxyl groups is 1. The first-order chi connectivity index (χ1) is 12.8. The molecule has 3 aromatic rings. The molecule has 0 saturated carbocycles. The van der Waals surface area contributed by atoms with Gasteiger partial charge in [-0.2, -0.15) is 5.10 Å². The standard InChI is InChI=1S/C21H23N3O2/c25-14-11-20(18-5-2-1-3-6-18)15-22-21(26)19-9-7-17(8-10-19)16-24-13-4-12-23-24/h1-10,12-13,20,25H,11,14-16H2,(H,22,26). The fourth-order valence-electron chi connectivity index (χ4n) is 2.93. The third-order valence-corrected chi connectivity index (χ3v) is 4.38. The Balaban J connectivity index is 1.58. The first-order valence-electron chi connectivity index (χ1n) is 8.76. The second-order valence-electron chi connectivity index (χ2n) is 6.23. The lowest BCUT2D eigenvalue weighted by Gasteiger charge is -2.17. The van der Waals surface area contributed by atoms with Gasteiger partial charge in [0.25, 0.3) is 5.91 Å². The summed E-state index contributed by atoms with van der Waals surface area (Å²) in [4.78, 5) is 12.4. The summed E-state index contributed by atoms with van der Waals surface area (Å²) in [6.07, 6.45) is 4.27. The molecule has 5 heteroatoms. The third kappa shape index (κ3) is 4.80. The number of nitrogens with zero attached hydrogens (tertiary/aromatic N) is 2.